The quantitative estimate of drug-likeness (QED) is 0.657. The first-order valence-corrected chi connectivity index (χ1v) is 6.05. The minimum atomic E-state index is -0.746. The van der Waals surface area contributed by atoms with Crippen LogP contribution in [0.3, 0.4) is 0 Å². The molecule has 0 unspecified atom stereocenters. The number of carbonyl (C=O) groups excluding carboxylic acids is 3. The van der Waals surface area contributed by atoms with Crippen molar-refractivity contribution in [2.75, 3.05) is 21.3 Å². The Hall–Kier alpha value is -2.83. The smallest absolute Gasteiger partial charge is 0.331 e. The molecule has 0 aliphatic carbocycles. The molecule has 1 heterocycles. The maximum atomic E-state index is 12.0. The van der Waals surface area contributed by atoms with Crippen LogP contribution >= 0.6 is 0 Å². The molecule has 2 rings (SSSR count). The van der Waals surface area contributed by atoms with Crippen molar-refractivity contribution >= 4 is 23.9 Å². The van der Waals surface area contributed by atoms with Gasteiger partial charge in [0, 0.05) is 18.7 Å². The van der Waals surface area contributed by atoms with Gasteiger partial charge in [-0.2, -0.15) is 0 Å². The van der Waals surface area contributed by atoms with E-state index in [1.807, 2.05) is 0 Å². The third-order valence-electron chi connectivity index (χ3n) is 3.05. The van der Waals surface area contributed by atoms with Gasteiger partial charge in [-0.3, -0.25) is 19.8 Å². The SMILES string of the molecule is COc1ccc(C=C2C(=O)NC(=O)N(C)C2=O)c(OC)c1. The van der Waals surface area contributed by atoms with Crippen molar-refractivity contribution < 1.29 is 23.9 Å². The lowest BCUT2D eigenvalue weighted by Crippen LogP contribution is -2.52. The Morgan fingerprint density at radius 2 is 1.86 bits per heavy atom. The van der Waals surface area contributed by atoms with Gasteiger partial charge < -0.3 is 9.47 Å². The second kappa shape index (κ2) is 5.66. The van der Waals surface area contributed by atoms with Crippen molar-refractivity contribution in [1.29, 1.82) is 0 Å². The highest BCUT2D eigenvalue weighted by molar-refractivity contribution is 6.30. The van der Waals surface area contributed by atoms with Crippen LogP contribution in [0, 0.1) is 0 Å². The number of nitrogens with one attached hydrogen (secondary N) is 1. The number of carbonyl (C=O) groups is 3. The first-order valence-electron chi connectivity index (χ1n) is 6.05. The Labute approximate surface area is 121 Å². The first kappa shape index (κ1) is 14.6. The summed E-state index contributed by atoms with van der Waals surface area (Å²) < 4.78 is 10.3. The summed E-state index contributed by atoms with van der Waals surface area (Å²) in [5.41, 5.74) is 0.389. The summed E-state index contributed by atoms with van der Waals surface area (Å²) in [5.74, 6) is -0.370. The molecule has 0 atom stereocenters. The average molecular weight is 290 g/mol. The van der Waals surface area contributed by atoms with Crippen molar-refractivity contribution in [3.63, 3.8) is 0 Å². The van der Waals surface area contributed by atoms with Gasteiger partial charge in [0.2, 0.25) is 0 Å². The van der Waals surface area contributed by atoms with Gasteiger partial charge in [0.1, 0.15) is 17.1 Å². The molecule has 1 aromatic rings. The number of barbiturate groups is 1. The van der Waals surface area contributed by atoms with E-state index in [0.717, 1.165) is 4.90 Å². The second-order valence-electron chi connectivity index (χ2n) is 4.29. The van der Waals surface area contributed by atoms with Crippen LogP contribution in [0.25, 0.3) is 6.08 Å². The van der Waals surface area contributed by atoms with E-state index in [-0.39, 0.29) is 5.57 Å². The zero-order chi connectivity index (χ0) is 15.6. The lowest BCUT2D eigenvalue weighted by atomic mass is 10.1. The van der Waals surface area contributed by atoms with Crippen molar-refractivity contribution in [1.82, 2.24) is 10.2 Å². The van der Waals surface area contributed by atoms with Gasteiger partial charge in [-0.15, -0.1) is 0 Å². The predicted octanol–water partition coefficient (Wildman–Crippen LogP) is 0.795. The fourth-order valence-electron chi connectivity index (χ4n) is 1.84. The number of hydrogen-bond acceptors (Lipinski definition) is 5. The highest BCUT2D eigenvalue weighted by Gasteiger charge is 2.33. The van der Waals surface area contributed by atoms with E-state index in [4.69, 9.17) is 9.47 Å². The Morgan fingerprint density at radius 3 is 2.48 bits per heavy atom. The van der Waals surface area contributed by atoms with Gasteiger partial charge >= 0.3 is 6.03 Å². The van der Waals surface area contributed by atoms with Crippen molar-refractivity contribution in [2.24, 2.45) is 0 Å². The molecule has 110 valence electrons. The molecule has 1 N–H and O–H groups in total. The zero-order valence-corrected chi connectivity index (χ0v) is 11.8. The lowest BCUT2D eigenvalue weighted by molar-refractivity contribution is -0.129. The number of ether oxygens (including phenoxy) is 2. The van der Waals surface area contributed by atoms with E-state index in [1.54, 1.807) is 18.2 Å². The minimum Gasteiger partial charge on any atom is -0.497 e. The number of hydrogen-bond donors (Lipinski definition) is 1. The molecule has 0 radical (unpaired) electrons. The summed E-state index contributed by atoms with van der Waals surface area (Å²) in [5, 5.41) is 2.08. The number of urea groups is 1. The fourth-order valence-corrected chi connectivity index (χ4v) is 1.84. The topological polar surface area (TPSA) is 84.9 Å². The van der Waals surface area contributed by atoms with E-state index in [2.05, 4.69) is 5.32 Å². The molecule has 0 aromatic heterocycles. The van der Waals surface area contributed by atoms with E-state index in [1.165, 1.54) is 27.3 Å². The second-order valence-corrected chi connectivity index (χ2v) is 4.29. The van der Waals surface area contributed by atoms with E-state index in [0.29, 0.717) is 17.1 Å². The normalized spacial score (nSPS) is 17.0. The lowest BCUT2D eigenvalue weighted by Gasteiger charge is -2.22. The van der Waals surface area contributed by atoms with Gasteiger partial charge in [0.15, 0.2) is 0 Å². The molecule has 1 saturated heterocycles. The van der Waals surface area contributed by atoms with Crippen LogP contribution < -0.4 is 14.8 Å². The largest absolute Gasteiger partial charge is 0.497 e. The number of amides is 4. The van der Waals surface area contributed by atoms with Crippen LogP contribution in [0.1, 0.15) is 5.56 Å². The number of nitrogens with zero attached hydrogens (tertiary/aromatic N) is 1. The van der Waals surface area contributed by atoms with Crippen LogP contribution in [-0.2, 0) is 9.59 Å². The number of rotatable bonds is 3. The van der Waals surface area contributed by atoms with Crippen molar-refractivity contribution in [3.05, 3.63) is 29.3 Å². The summed E-state index contributed by atoms with van der Waals surface area (Å²) in [6.45, 7) is 0. The van der Waals surface area contributed by atoms with Gasteiger partial charge in [0.05, 0.1) is 14.2 Å². The number of imide groups is 2. The Balaban J connectivity index is 2.45. The molecule has 4 amide bonds. The third-order valence-corrected chi connectivity index (χ3v) is 3.05. The monoisotopic (exact) mass is 290 g/mol. The molecule has 0 bridgehead atoms. The highest BCUT2D eigenvalue weighted by atomic mass is 16.5. The van der Waals surface area contributed by atoms with Gasteiger partial charge in [-0.05, 0) is 18.2 Å². The molecule has 7 heteroatoms. The summed E-state index contributed by atoms with van der Waals surface area (Å²) in [6.07, 6.45) is 1.37. The van der Waals surface area contributed by atoms with Crippen molar-refractivity contribution in [3.8, 4) is 11.5 Å². The molecule has 1 aromatic carbocycles. The fraction of sp³-hybridized carbons (Fsp3) is 0.214. The summed E-state index contributed by atoms with van der Waals surface area (Å²) >= 11 is 0. The van der Waals surface area contributed by atoms with Gasteiger partial charge in [0.25, 0.3) is 11.8 Å². The van der Waals surface area contributed by atoms with Gasteiger partial charge in [-0.25, -0.2) is 4.79 Å². The molecule has 7 nitrogen and oxygen atoms in total. The third kappa shape index (κ3) is 2.71. The standard InChI is InChI=1S/C14H14N2O5/c1-16-13(18)10(12(17)15-14(16)19)6-8-4-5-9(20-2)7-11(8)21-3/h4-7H,1-3H3,(H,15,17,19). The van der Waals surface area contributed by atoms with Crippen LogP contribution in [-0.4, -0.2) is 44.0 Å². The van der Waals surface area contributed by atoms with Crippen molar-refractivity contribution in [2.45, 2.75) is 0 Å². The molecule has 0 spiro atoms. The number of methoxy groups -OCH3 is 2. The maximum Gasteiger partial charge on any atom is 0.331 e. The Bertz CT molecular complexity index is 651. The van der Waals surface area contributed by atoms with Crippen LogP contribution in [0.4, 0.5) is 4.79 Å². The predicted molar refractivity (Wildman–Crippen MR) is 73.8 cm³/mol. The first-order chi connectivity index (χ1) is 9.97. The van der Waals surface area contributed by atoms with Crippen LogP contribution in [0.2, 0.25) is 0 Å². The van der Waals surface area contributed by atoms with Gasteiger partial charge in [-0.1, -0.05) is 0 Å². The van der Waals surface area contributed by atoms with Crippen LogP contribution in [0.5, 0.6) is 11.5 Å². The molecule has 1 aliphatic rings. The summed E-state index contributed by atoms with van der Waals surface area (Å²) in [7, 11) is 4.28. The van der Waals surface area contributed by atoms with E-state index >= 15 is 0 Å². The van der Waals surface area contributed by atoms with E-state index < -0.39 is 17.8 Å². The number of benzene rings is 1. The Morgan fingerprint density at radius 1 is 1.14 bits per heavy atom. The van der Waals surface area contributed by atoms with E-state index in [9.17, 15) is 14.4 Å². The molecule has 1 aliphatic heterocycles. The Kier molecular flexibility index (Phi) is 3.93. The summed E-state index contributed by atoms with van der Waals surface area (Å²) in [6, 6.07) is 4.21. The minimum absolute atomic E-state index is 0.138. The highest BCUT2D eigenvalue weighted by Crippen LogP contribution is 2.27. The maximum absolute atomic E-state index is 12.0. The zero-order valence-electron chi connectivity index (χ0n) is 11.8. The molecular weight excluding hydrogens is 276 g/mol. The summed E-state index contributed by atoms with van der Waals surface area (Å²) in [4.78, 5) is 35.9. The molecule has 1 fully saturated rings. The molecular formula is C14H14N2O5. The number of likely N-dealkylation sites (N-methyl/N-ethyl adjacent to an activating group) is 1. The average Bonchev–Trinajstić information content (AvgIpc) is 2.49. The molecule has 21 heavy (non-hydrogen) atoms. The molecule has 0 saturated carbocycles. The van der Waals surface area contributed by atoms with Crippen LogP contribution in [0.15, 0.2) is 23.8 Å².